The van der Waals surface area contributed by atoms with Crippen LogP contribution in [0.5, 0.6) is 0 Å². The molecule has 0 aliphatic heterocycles. The van der Waals surface area contributed by atoms with E-state index in [4.69, 9.17) is 11.6 Å². The molecule has 1 aromatic heterocycles. The molecular formula is C16H13ClIN3. The fraction of sp³-hybridized carbons (Fsp3) is 0.0625. The van der Waals surface area contributed by atoms with Crippen LogP contribution in [0.4, 0.5) is 5.69 Å². The van der Waals surface area contributed by atoms with Gasteiger partial charge in [0.15, 0.2) is 0 Å². The van der Waals surface area contributed by atoms with E-state index in [0.717, 1.165) is 31.1 Å². The normalized spacial score (nSPS) is 10.6. The molecular weight excluding hydrogens is 397 g/mol. The van der Waals surface area contributed by atoms with Gasteiger partial charge < -0.3 is 5.32 Å². The average molecular weight is 410 g/mol. The molecule has 21 heavy (non-hydrogen) atoms. The molecule has 0 amide bonds. The first-order chi connectivity index (χ1) is 10.2. The van der Waals surface area contributed by atoms with E-state index in [2.05, 4.69) is 50.2 Å². The number of benzene rings is 2. The van der Waals surface area contributed by atoms with Crippen molar-refractivity contribution in [3.05, 3.63) is 68.9 Å². The Balaban J connectivity index is 1.79. The highest BCUT2D eigenvalue weighted by Gasteiger charge is 2.08. The van der Waals surface area contributed by atoms with Gasteiger partial charge in [-0.15, -0.1) is 0 Å². The van der Waals surface area contributed by atoms with E-state index in [9.17, 15) is 0 Å². The molecule has 5 heteroatoms. The second-order valence-electron chi connectivity index (χ2n) is 4.61. The van der Waals surface area contributed by atoms with Crippen molar-refractivity contribution < 1.29 is 0 Å². The summed E-state index contributed by atoms with van der Waals surface area (Å²) in [6, 6.07) is 16.0. The summed E-state index contributed by atoms with van der Waals surface area (Å²) in [5.74, 6) is 0. The van der Waals surface area contributed by atoms with Crippen molar-refractivity contribution in [3.63, 3.8) is 0 Å². The van der Waals surface area contributed by atoms with Crippen molar-refractivity contribution in [2.24, 2.45) is 0 Å². The van der Waals surface area contributed by atoms with Crippen molar-refractivity contribution >= 4 is 39.9 Å². The Morgan fingerprint density at radius 1 is 1.14 bits per heavy atom. The van der Waals surface area contributed by atoms with Gasteiger partial charge in [0.25, 0.3) is 0 Å². The lowest BCUT2D eigenvalue weighted by Crippen LogP contribution is -2.01. The van der Waals surface area contributed by atoms with Gasteiger partial charge in [-0.3, -0.25) is 5.10 Å². The molecule has 2 aromatic carbocycles. The zero-order chi connectivity index (χ0) is 14.7. The monoisotopic (exact) mass is 409 g/mol. The van der Waals surface area contributed by atoms with Crippen LogP contribution in [0.15, 0.2) is 54.7 Å². The summed E-state index contributed by atoms with van der Waals surface area (Å²) in [4.78, 5) is 0. The maximum atomic E-state index is 5.97. The van der Waals surface area contributed by atoms with E-state index in [1.807, 2.05) is 42.6 Å². The van der Waals surface area contributed by atoms with E-state index in [1.54, 1.807) is 0 Å². The first-order valence-corrected chi connectivity index (χ1v) is 7.96. The van der Waals surface area contributed by atoms with Crippen LogP contribution in [0, 0.1) is 3.57 Å². The molecule has 0 fully saturated rings. The van der Waals surface area contributed by atoms with E-state index >= 15 is 0 Å². The standard InChI is InChI=1S/C16H13ClIN3/c17-13-6-7-15(14(18)8-13)19-9-12-10-20-21-16(12)11-4-2-1-3-5-11/h1-8,10,19H,9H2,(H,20,21). The maximum absolute atomic E-state index is 5.97. The van der Waals surface area contributed by atoms with Gasteiger partial charge in [0.2, 0.25) is 0 Å². The van der Waals surface area contributed by atoms with Crippen LogP contribution < -0.4 is 5.32 Å². The first kappa shape index (κ1) is 14.4. The van der Waals surface area contributed by atoms with Crippen LogP contribution >= 0.6 is 34.2 Å². The number of nitrogens with one attached hydrogen (secondary N) is 2. The zero-order valence-corrected chi connectivity index (χ0v) is 14.0. The predicted octanol–water partition coefficient (Wildman–Crippen LogP) is 4.95. The van der Waals surface area contributed by atoms with Gasteiger partial charge in [-0.25, -0.2) is 0 Å². The molecule has 0 radical (unpaired) electrons. The zero-order valence-electron chi connectivity index (χ0n) is 11.1. The molecule has 0 atom stereocenters. The lowest BCUT2D eigenvalue weighted by atomic mass is 10.1. The van der Waals surface area contributed by atoms with Crippen molar-refractivity contribution in [2.45, 2.75) is 6.54 Å². The smallest absolute Gasteiger partial charge is 0.0700 e. The summed E-state index contributed by atoms with van der Waals surface area (Å²) in [7, 11) is 0. The molecule has 1 heterocycles. The van der Waals surface area contributed by atoms with Crippen molar-refractivity contribution in [1.82, 2.24) is 10.2 Å². The molecule has 0 unspecified atom stereocenters. The topological polar surface area (TPSA) is 40.7 Å². The third kappa shape index (κ3) is 3.39. The van der Waals surface area contributed by atoms with Crippen molar-refractivity contribution in [1.29, 1.82) is 0 Å². The van der Waals surface area contributed by atoms with Crippen molar-refractivity contribution in [3.8, 4) is 11.3 Å². The molecule has 0 saturated carbocycles. The maximum Gasteiger partial charge on any atom is 0.0700 e. The number of aromatic nitrogens is 2. The lowest BCUT2D eigenvalue weighted by Gasteiger charge is -2.09. The Hall–Kier alpha value is -1.53. The Labute approximate surface area is 141 Å². The fourth-order valence-electron chi connectivity index (χ4n) is 2.12. The van der Waals surface area contributed by atoms with Gasteiger partial charge in [0, 0.05) is 26.4 Å². The number of aromatic amines is 1. The number of nitrogens with zero attached hydrogens (tertiary/aromatic N) is 1. The highest BCUT2D eigenvalue weighted by atomic mass is 127. The fourth-order valence-corrected chi connectivity index (χ4v) is 3.19. The minimum absolute atomic E-state index is 0.707. The van der Waals surface area contributed by atoms with E-state index in [1.165, 1.54) is 0 Å². The van der Waals surface area contributed by atoms with Crippen molar-refractivity contribution in [2.75, 3.05) is 5.32 Å². The second kappa shape index (κ2) is 6.49. The third-order valence-electron chi connectivity index (χ3n) is 3.18. The Kier molecular flexibility index (Phi) is 4.45. The summed E-state index contributed by atoms with van der Waals surface area (Å²) in [5.41, 5.74) is 4.39. The highest BCUT2D eigenvalue weighted by Crippen LogP contribution is 2.25. The van der Waals surface area contributed by atoms with Gasteiger partial charge >= 0.3 is 0 Å². The van der Waals surface area contributed by atoms with Crippen LogP contribution in [0.1, 0.15) is 5.56 Å². The Morgan fingerprint density at radius 3 is 2.71 bits per heavy atom. The molecule has 2 N–H and O–H groups in total. The highest BCUT2D eigenvalue weighted by molar-refractivity contribution is 14.1. The molecule has 3 aromatic rings. The van der Waals surface area contributed by atoms with Crippen LogP contribution in [0.2, 0.25) is 5.02 Å². The number of anilines is 1. The lowest BCUT2D eigenvalue weighted by molar-refractivity contribution is 1.10. The van der Waals surface area contributed by atoms with E-state index < -0.39 is 0 Å². The van der Waals surface area contributed by atoms with E-state index in [0.29, 0.717) is 6.54 Å². The molecule has 3 nitrogen and oxygen atoms in total. The quantitative estimate of drug-likeness (QED) is 0.599. The van der Waals surface area contributed by atoms with Gasteiger partial charge in [-0.2, -0.15) is 5.10 Å². The second-order valence-corrected chi connectivity index (χ2v) is 6.21. The van der Waals surface area contributed by atoms with Crippen LogP contribution in [-0.4, -0.2) is 10.2 Å². The van der Waals surface area contributed by atoms with Gasteiger partial charge in [-0.1, -0.05) is 41.9 Å². The van der Waals surface area contributed by atoms with Gasteiger partial charge in [0.05, 0.1) is 11.9 Å². The largest absolute Gasteiger partial charge is 0.380 e. The summed E-state index contributed by atoms with van der Waals surface area (Å²) < 4.78 is 1.10. The summed E-state index contributed by atoms with van der Waals surface area (Å²) >= 11 is 8.25. The minimum atomic E-state index is 0.707. The summed E-state index contributed by atoms with van der Waals surface area (Å²) in [5, 5.41) is 11.4. The Morgan fingerprint density at radius 2 is 1.95 bits per heavy atom. The predicted molar refractivity (Wildman–Crippen MR) is 95.5 cm³/mol. The molecule has 106 valence electrons. The number of H-pyrrole nitrogens is 1. The number of halogens is 2. The molecule has 0 aliphatic carbocycles. The third-order valence-corrected chi connectivity index (χ3v) is 4.31. The van der Waals surface area contributed by atoms with Crippen LogP contribution in [0.3, 0.4) is 0 Å². The van der Waals surface area contributed by atoms with E-state index in [-0.39, 0.29) is 0 Å². The summed E-state index contributed by atoms with van der Waals surface area (Å²) in [6.07, 6.45) is 1.86. The van der Waals surface area contributed by atoms with Gasteiger partial charge in [0.1, 0.15) is 0 Å². The molecule has 0 saturated heterocycles. The Bertz CT molecular complexity index is 740. The minimum Gasteiger partial charge on any atom is -0.380 e. The molecule has 0 aliphatic rings. The van der Waals surface area contributed by atoms with Crippen LogP contribution in [0.25, 0.3) is 11.3 Å². The molecule has 0 spiro atoms. The molecule has 3 rings (SSSR count). The SMILES string of the molecule is Clc1ccc(NCc2cn[nH]c2-c2ccccc2)c(I)c1. The number of hydrogen-bond acceptors (Lipinski definition) is 2. The first-order valence-electron chi connectivity index (χ1n) is 6.50. The molecule has 0 bridgehead atoms. The van der Waals surface area contributed by atoms with Gasteiger partial charge in [-0.05, 0) is 46.4 Å². The average Bonchev–Trinajstić information content (AvgIpc) is 2.96. The number of rotatable bonds is 4. The van der Waals surface area contributed by atoms with Crippen LogP contribution in [-0.2, 0) is 6.54 Å². The number of hydrogen-bond donors (Lipinski definition) is 2. The summed E-state index contributed by atoms with van der Waals surface area (Å²) in [6.45, 7) is 0.707.